The zero-order chi connectivity index (χ0) is 14.5. The summed E-state index contributed by atoms with van der Waals surface area (Å²) >= 11 is 1.78. The van der Waals surface area contributed by atoms with Gasteiger partial charge in [-0.3, -0.25) is 0 Å². The van der Waals surface area contributed by atoms with Crippen LogP contribution in [0.3, 0.4) is 0 Å². The van der Waals surface area contributed by atoms with Crippen molar-refractivity contribution in [3.63, 3.8) is 0 Å². The van der Waals surface area contributed by atoms with E-state index in [0.29, 0.717) is 6.61 Å². The van der Waals surface area contributed by atoms with Gasteiger partial charge in [-0.2, -0.15) is 0 Å². The molecule has 20 heavy (non-hydrogen) atoms. The number of nitrogens with zero attached hydrogens (tertiary/aromatic N) is 2. The standard InChI is InChI=1S/C15H21N3OS/c1-5-6-16-14-8-12(9-19-4)17-15(18-14)13-7-10(2)20-11(13)3/h7-8H,5-6,9H2,1-4H3,(H,16,17,18). The van der Waals surface area contributed by atoms with Crippen molar-refractivity contribution in [1.29, 1.82) is 0 Å². The van der Waals surface area contributed by atoms with Gasteiger partial charge in [0.1, 0.15) is 5.82 Å². The topological polar surface area (TPSA) is 47.0 Å². The van der Waals surface area contributed by atoms with Gasteiger partial charge < -0.3 is 10.1 Å². The molecule has 0 fully saturated rings. The minimum absolute atomic E-state index is 0.499. The Morgan fingerprint density at radius 1 is 1.25 bits per heavy atom. The number of rotatable bonds is 6. The molecule has 0 spiro atoms. The highest BCUT2D eigenvalue weighted by atomic mass is 32.1. The van der Waals surface area contributed by atoms with E-state index >= 15 is 0 Å². The van der Waals surface area contributed by atoms with Gasteiger partial charge in [0.15, 0.2) is 5.82 Å². The van der Waals surface area contributed by atoms with Crippen LogP contribution in [0.15, 0.2) is 12.1 Å². The number of anilines is 1. The van der Waals surface area contributed by atoms with E-state index in [9.17, 15) is 0 Å². The quantitative estimate of drug-likeness (QED) is 0.879. The maximum absolute atomic E-state index is 5.20. The highest BCUT2D eigenvalue weighted by Crippen LogP contribution is 2.29. The lowest BCUT2D eigenvalue weighted by Gasteiger charge is -2.09. The number of methoxy groups -OCH3 is 1. The first-order chi connectivity index (χ1) is 9.63. The van der Waals surface area contributed by atoms with E-state index in [4.69, 9.17) is 4.74 Å². The average molecular weight is 291 g/mol. The van der Waals surface area contributed by atoms with Crippen LogP contribution in [0.5, 0.6) is 0 Å². The van der Waals surface area contributed by atoms with Crippen LogP contribution in [-0.4, -0.2) is 23.6 Å². The summed E-state index contributed by atoms with van der Waals surface area (Å²) in [7, 11) is 1.68. The Balaban J connectivity index is 2.40. The third-order valence-corrected chi connectivity index (χ3v) is 3.88. The number of aryl methyl sites for hydroxylation is 2. The maximum Gasteiger partial charge on any atom is 0.162 e. The SMILES string of the molecule is CCCNc1cc(COC)nc(-c2cc(C)sc2C)n1. The smallest absolute Gasteiger partial charge is 0.162 e. The van der Waals surface area contributed by atoms with E-state index in [-0.39, 0.29) is 0 Å². The largest absolute Gasteiger partial charge is 0.378 e. The summed E-state index contributed by atoms with van der Waals surface area (Å²) in [5, 5.41) is 3.33. The van der Waals surface area contributed by atoms with Crippen LogP contribution in [0.25, 0.3) is 11.4 Å². The lowest BCUT2D eigenvalue weighted by molar-refractivity contribution is 0.181. The Morgan fingerprint density at radius 3 is 2.65 bits per heavy atom. The third kappa shape index (κ3) is 3.55. The van der Waals surface area contributed by atoms with E-state index in [1.165, 1.54) is 9.75 Å². The fraction of sp³-hybridized carbons (Fsp3) is 0.467. The third-order valence-electron chi connectivity index (χ3n) is 2.91. The van der Waals surface area contributed by atoms with Gasteiger partial charge in [-0.15, -0.1) is 11.3 Å². The summed E-state index contributed by atoms with van der Waals surface area (Å²) in [5.74, 6) is 1.65. The minimum atomic E-state index is 0.499. The summed E-state index contributed by atoms with van der Waals surface area (Å²) in [6.45, 7) is 7.76. The normalized spacial score (nSPS) is 10.8. The summed E-state index contributed by atoms with van der Waals surface area (Å²) in [5.41, 5.74) is 2.02. The predicted molar refractivity (Wildman–Crippen MR) is 84.3 cm³/mol. The van der Waals surface area contributed by atoms with Crippen LogP contribution in [-0.2, 0) is 11.3 Å². The molecule has 0 aliphatic carbocycles. The predicted octanol–water partition coefficient (Wildman–Crippen LogP) is 3.79. The van der Waals surface area contributed by atoms with E-state index in [1.54, 1.807) is 18.4 Å². The molecule has 0 atom stereocenters. The van der Waals surface area contributed by atoms with Crippen LogP contribution in [0.4, 0.5) is 5.82 Å². The van der Waals surface area contributed by atoms with Gasteiger partial charge in [-0.1, -0.05) is 6.92 Å². The highest BCUT2D eigenvalue weighted by molar-refractivity contribution is 7.12. The summed E-state index contributed by atoms with van der Waals surface area (Å²) < 4.78 is 5.20. The van der Waals surface area contributed by atoms with Gasteiger partial charge in [0.05, 0.1) is 12.3 Å². The Morgan fingerprint density at radius 2 is 2.05 bits per heavy atom. The molecule has 0 aromatic carbocycles. The van der Waals surface area contributed by atoms with Gasteiger partial charge in [0, 0.05) is 35.0 Å². The molecular formula is C15H21N3OS. The number of thiophene rings is 1. The van der Waals surface area contributed by atoms with Crippen molar-refractivity contribution in [1.82, 2.24) is 9.97 Å². The molecule has 1 N–H and O–H groups in total. The fourth-order valence-corrected chi connectivity index (χ4v) is 2.96. The first-order valence-corrected chi connectivity index (χ1v) is 7.64. The van der Waals surface area contributed by atoms with Crippen LogP contribution in [0.1, 0.15) is 28.8 Å². The number of hydrogen-bond donors (Lipinski definition) is 1. The first-order valence-electron chi connectivity index (χ1n) is 6.82. The molecule has 0 bridgehead atoms. The molecule has 2 aromatic heterocycles. The molecular weight excluding hydrogens is 270 g/mol. The molecule has 0 aliphatic heterocycles. The Kier molecular flexibility index (Phi) is 5.09. The molecule has 0 amide bonds. The number of aromatic nitrogens is 2. The van der Waals surface area contributed by atoms with Gasteiger partial charge in [0.25, 0.3) is 0 Å². The number of ether oxygens (including phenoxy) is 1. The molecule has 0 radical (unpaired) electrons. The van der Waals surface area contributed by atoms with Crippen molar-refractivity contribution in [2.75, 3.05) is 19.0 Å². The molecule has 2 heterocycles. The zero-order valence-corrected chi connectivity index (χ0v) is 13.3. The van der Waals surface area contributed by atoms with Crippen LogP contribution >= 0.6 is 11.3 Å². The van der Waals surface area contributed by atoms with E-state index in [1.807, 2.05) is 6.07 Å². The van der Waals surface area contributed by atoms with Crippen LogP contribution in [0.2, 0.25) is 0 Å². The molecule has 2 aromatic rings. The van der Waals surface area contributed by atoms with Gasteiger partial charge >= 0.3 is 0 Å². The maximum atomic E-state index is 5.20. The molecule has 0 aliphatic rings. The van der Waals surface area contributed by atoms with Crippen molar-refractivity contribution >= 4 is 17.2 Å². The van der Waals surface area contributed by atoms with E-state index in [0.717, 1.165) is 35.9 Å². The second-order valence-corrected chi connectivity index (χ2v) is 6.22. The molecule has 0 unspecified atom stereocenters. The van der Waals surface area contributed by atoms with Crippen molar-refractivity contribution < 1.29 is 4.74 Å². The lowest BCUT2D eigenvalue weighted by atomic mass is 10.2. The van der Waals surface area contributed by atoms with Crippen LogP contribution in [0, 0.1) is 13.8 Å². The average Bonchev–Trinajstić information content (AvgIpc) is 2.75. The Labute approximate surface area is 124 Å². The highest BCUT2D eigenvalue weighted by Gasteiger charge is 2.11. The molecule has 108 valence electrons. The molecule has 0 saturated heterocycles. The molecule has 5 heteroatoms. The summed E-state index contributed by atoms with van der Waals surface area (Å²) in [6, 6.07) is 4.10. The Hall–Kier alpha value is -1.46. The first kappa shape index (κ1) is 14.9. The van der Waals surface area contributed by atoms with Crippen molar-refractivity contribution in [3.05, 3.63) is 27.6 Å². The monoisotopic (exact) mass is 291 g/mol. The zero-order valence-electron chi connectivity index (χ0n) is 12.5. The number of hydrogen-bond acceptors (Lipinski definition) is 5. The van der Waals surface area contributed by atoms with Crippen molar-refractivity contribution in [2.45, 2.75) is 33.8 Å². The molecule has 4 nitrogen and oxygen atoms in total. The Bertz CT molecular complexity index is 580. The molecule has 2 rings (SSSR count). The van der Waals surface area contributed by atoms with E-state index < -0.39 is 0 Å². The fourth-order valence-electron chi connectivity index (χ4n) is 2.04. The summed E-state index contributed by atoms with van der Waals surface area (Å²) in [4.78, 5) is 11.8. The van der Waals surface area contributed by atoms with Crippen molar-refractivity contribution in [2.24, 2.45) is 0 Å². The van der Waals surface area contributed by atoms with Gasteiger partial charge in [0.2, 0.25) is 0 Å². The minimum Gasteiger partial charge on any atom is -0.378 e. The lowest BCUT2D eigenvalue weighted by Crippen LogP contribution is -2.06. The number of nitrogens with one attached hydrogen (secondary N) is 1. The molecule has 0 saturated carbocycles. The summed E-state index contributed by atoms with van der Waals surface area (Å²) in [6.07, 6.45) is 1.07. The van der Waals surface area contributed by atoms with Crippen LogP contribution < -0.4 is 5.32 Å². The van der Waals surface area contributed by atoms with Gasteiger partial charge in [-0.05, 0) is 26.3 Å². The van der Waals surface area contributed by atoms with Crippen molar-refractivity contribution in [3.8, 4) is 11.4 Å². The van der Waals surface area contributed by atoms with Gasteiger partial charge in [-0.25, -0.2) is 9.97 Å². The second kappa shape index (κ2) is 6.81. The van der Waals surface area contributed by atoms with E-state index in [2.05, 4.69) is 42.1 Å². The second-order valence-electron chi connectivity index (χ2n) is 4.75.